The lowest BCUT2D eigenvalue weighted by Crippen LogP contribution is -2.24. The van der Waals surface area contributed by atoms with E-state index in [1.165, 1.54) is 0 Å². The van der Waals surface area contributed by atoms with Crippen molar-refractivity contribution < 1.29 is 14.3 Å². The normalized spacial score (nSPS) is 16.0. The Hall–Kier alpha value is -5.18. The van der Waals surface area contributed by atoms with Crippen LogP contribution >= 0.6 is 0 Å². The minimum Gasteiger partial charge on any atom is -0.485 e. The number of aromatic nitrogens is 3. The van der Waals surface area contributed by atoms with Crippen molar-refractivity contribution in [3.05, 3.63) is 90.5 Å². The minimum atomic E-state index is -0.515. The number of hydrogen-bond acceptors (Lipinski definition) is 6. The Morgan fingerprint density at radius 1 is 1.02 bits per heavy atom. The summed E-state index contributed by atoms with van der Waals surface area (Å²) in [4.78, 5) is 35.4. The van der Waals surface area contributed by atoms with E-state index in [-0.39, 0.29) is 12.0 Å². The number of rotatable bonds is 5. The second kappa shape index (κ2) is 9.23. The first kappa shape index (κ1) is 23.9. The van der Waals surface area contributed by atoms with Crippen LogP contribution in [0.3, 0.4) is 0 Å². The summed E-state index contributed by atoms with van der Waals surface area (Å²) in [5, 5.41) is 4.26. The van der Waals surface area contributed by atoms with Crippen molar-refractivity contribution >= 4 is 39.9 Å². The summed E-state index contributed by atoms with van der Waals surface area (Å²) in [7, 11) is 0. The monoisotopic (exact) mass is 530 g/mol. The number of nitrogens with zero attached hydrogens (tertiary/aromatic N) is 4. The third-order valence-electron chi connectivity index (χ3n) is 7.54. The number of benzene rings is 2. The largest absolute Gasteiger partial charge is 0.485 e. The number of nitrogens with one attached hydrogen (secondary N) is 1. The Labute approximate surface area is 230 Å². The highest BCUT2D eigenvalue weighted by Crippen LogP contribution is 2.44. The van der Waals surface area contributed by atoms with Crippen LogP contribution in [0.25, 0.3) is 27.7 Å². The molecule has 0 saturated carbocycles. The van der Waals surface area contributed by atoms with E-state index in [0.717, 1.165) is 52.0 Å². The molecule has 2 aliphatic rings. The first-order valence-electron chi connectivity index (χ1n) is 13.2. The van der Waals surface area contributed by atoms with Gasteiger partial charge in [-0.25, -0.2) is 4.98 Å². The maximum atomic E-state index is 12.2. The van der Waals surface area contributed by atoms with Crippen LogP contribution in [0, 0.1) is 0 Å². The van der Waals surface area contributed by atoms with E-state index < -0.39 is 5.91 Å². The molecule has 0 radical (unpaired) electrons. The van der Waals surface area contributed by atoms with Gasteiger partial charge in [-0.2, -0.15) is 0 Å². The molecule has 0 spiro atoms. The summed E-state index contributed by atoms with van der Waals surface area (Å²) in [6, 6.07) is 19.3. The van der Waals surface area contributed by atoms with E-state index in [1.54, 1.807) is 18.5 Å². The summed E-state index contributed by atoms with van der Waals surface area (Å²) >= 11 is 0. The van der Waals surface area contributed by atoms with E-state index in [2.05, 4.69) is 15.3 Å². The molecule has 2 amide bonds. The van der Waals surface area contributed by atoms with Gasteiger partial charge in [-0.15, -0.1) is 0 Å². The Bertz CT molecular complexity index is 1830. The molecular formula is C31H26N6O3. The molecule has 3 N–H and O–H groups in total. The number of ether oxygens (including phenoxy) is 1. The van der Waals surface area contributed by atoms with Crippen molar-refractivity contribution in [3.8, 4) is 22.6 Å². The van der Waals surface area contributed by atoms with Crippen LogP contribution in [-0.2, 0) is 4.79 Å². The van der Waals surface area contributed by atoms with Gasteiger partial charge in [0.1, 0.15) is 23.4 Å². The fourth-order valence-corrected chi connectivity index (χ4v) is 5.66. The van der Waals surface area contributed by atoms with Crippen LogP contribution in [0.4, 0.5) is 17.2 Å². The number of anilines is 3. The molecule has 5 aromatic rings. The van der Waals surface area contributed by atoms with Gasteiger partial charge in [0.15, 0.2) is 0 Å². The van der Waals surface area contributed by atoms with Crippen LogP contribution < -0.4 is 20.7 Å². The van der Waals surface area contributed by atoms with Gasteiger partial charge in [0, 0.05) is 53.0 Å². The number of amides is 2. The summed E-state index contributed by atoms with van der Waals surface area (Å²) in [6.45, 7) is 2.74. The molecule has 9 nitrogen and oxygen atoms in total. The Morgan fingerprint density at radius 3 is 2.73 bits per heavy atom. The topological polar surface area (TPSA) is 115 Å². The highest BCUT2D eigenvalue weighted by Gasteiger charge is 2.27. The molecule has 1 fully saturated rings. The molecule has 0 bridgehead atoms. The summed E-state index contributed by atoms with van der Waals surface area (Å²) in [5.41, 5.74) is 12.2. The molecule has 40 heavy (non-hydrogen) atoms. The zero-order valence-corrected chi connectivity index (χ0v) is 21.8. The van der Waals surface area contributed by atoms with Gasteiger partial charge in [-0.05, 0) is 49.7 Å². The Morgan fingerprint density at radius 2 is 1.90 bits per heavy atom. The van der Waals surface area contributed by atoms with Gasteiger partial charge in [0.2, 0.25) is 5.91 Å². The lowest BCUT2D eigenvalue weighted by Gasteiger charge is -2.28. The highest BCUT2D eigenvalue weighted by molar-refractivity contribution is 5.99. The third kappa shape index (κ3) is 3.94. The van der Waals surface area contributed by atoms with Crippen LogP contribution in [0.5, 0.6) is 5.75 Å². The SMILES string of the molecule is CC1Oc2cc(N3CCCC3=O)ccc2-c2cnc(Nc3cncc(-n4c(C(N)=O)cc5ccccc54)c3)cc21. The standard InChI is InChI=1S/C31H26N6O3/c1-18-24-14-29(34-17-25(24)23-9-8-21(13-28(23)40-18)36-10-4-7-30(36)38)35-20-12-22(16-33-15-20)37-26-6-3-2-5-19(26)11-27(37)31(32)39/h2-3,5-6,8-9,11-18H,4,7,10H2,1H3,(H2,32,39)(H,34,35). The number of carbonyl (C=O) groups is 2. The van der Waals surface area contributed by atoms with Gasteiger partial charge in [-0.1, -0.05) is 18.2 Å². The molecule has 1 saturated heterocycles. The van der Waals surface area contributed by atoms with Gasteiger partial charge >= 0.3 is 0 Å². The van der Waals surface area contributed by atoms with E-state index in [1.807, 2.05) is 77.2 Å². The van der Waals surface area contributed by atoms with Crippen molar-refractivity contribution in [2.75, 3.05) is 16.8 Å². The predicted molar refractivity (Wildman–Crippen MR) is 153 cm³/mol. The van der Waals surface area contributed by atoms with Crippen molar-refractivity contribution in [2.45, 2.75) is 25.9 Å². The number of nitrogens with two attached hydrogens (primary N) is 1. The van der Waals surface area contributed by atoms with Crippen molar-refractivity contribution in [3.63, 3.8) is 0 Å². The van der Waals surface area contributed by atoms with Crippen LogP contribution in [0.1, 0.15) is 41.9 Å². The van der Waals surface area contributed by atoms with E-state index in [9.17, 15) is 9.59 Å². The second-order valence-corrected chi connectivity index (χ2v) is 10.1. The first-order chi connectivity index (χ1) is 19.5. The number of para-hydroxylation sites is 1. The Balaban J connectivity index is 1.20. The number of carbonyl (C=O) groups excluding carboxylic acids is 2. The molecule has 0 aliphatic carbocycles. The van der Waals surface area contributed by atoms with E-state index >= 15 is 0 Å². The van der Waals surface area contributed by atoms with Gasteiger partial charge < -0.3 is 25.3 Å². The molecule has 2 aliphatic heterocycles. The number of pyridine rings is 2. The molecular weight excluding hydrogens is 504 g/mol. The number of hydrogen-bond donors (Lipinski definition) is 2. The van der Waals surface area contributed by atoms with Gasteiger partial charge in [0.05, 0.1) is 29.3 Å². The highest BCUT2D eigenvalue weighted by atomic mass is 16.5. The molecule has 1 unspecified atom stereocenters. The lowest BCUT2D eigenvalue weighted by molar-refractivity contribution is -0.117. The van der Waals surface area contributed by atoms with Crippen LogP contribution in [0.2, 0.25) is 0 Å². The summed E-state index contributed by atoms with van der Waals surface area (Å²) in [6.07, 6.45) is 6.51. The van der Waals surface area contributed by atoms with Crippen molar-refractivity contribution in [1.29, 1.82) is 0 Å². The maximum Gasteiger partial charge on any atom is 0.265 e. The molecule has 2 aromatic carbocycles. The van der Waals surface area contributed by atoms with Crippen LogP contribution in [-0.4, -0.2) is 32.9 Å². The average molecular weight is 531 g/mol. The maximum absolute atomic E-state index is 12.2. The fourth-order valence-electron chi connectivity index (χ4n) is 5.66. The van der Waals surface area contributed by atoms with Crippen molar-refractivity contribution in [2.24, 2.45) is 5.73 Å². The predicted octanol–water partition coefficient (Wildman–Crippen LogP) is 5.51. The van der Waals surface area contributed by atoms with Gasteiger partial charge in [0.25, 0.3) is 5.91 Å². The van der Waals surface area contributed by atoms with Crippen LogP contribution in [0.15, 0.2) is 79.3 Å². The zero-order valence-electron chi connectivity index (χ0n) is 21.8. The fraction of sp³-hybridized carbons (Fsp3) is 0.161. The minimum absolute atomic E-state index is 0.149. The summed E-state index contributed by atoms with van der Waals surface area (Å²) in [5.74, 6) is 1.03. The zero-order chi connectivity index (χ0) is 27.4. The second-order valence-electron chi connectivity index (χ2n) is 10.1. The van der Waals surface area contributed by atoms with E-state index in [0.29, 0.717) is 29.3 Å². The molecule has 198 valence electrons. The molecule has 9 heteroatoms. The number of fused-ring (bicyclic) bond motifs is 4. The molecule has 1 atom stereocenters. The lowest BCUT2D eigenvalue weighted by atomic mass is 9.94. The smallest absolute Gasteiger partial charge is 0.265 e. The average Bonchev–Trinajstić information content (AvgIpc) is 3.57. The Kier molecular flexibility index (Phi) is 5.52. The molecule has 3 aromatic heterocycles. The third-order valence-corrected chi connectivity index (χ3v) is 7.54. The van der Waals surface area contributed by atoms with Gasteiger partial charge in [-0.3, -0.25) is 14.6 Å². The quantitative estimate of drug-likeness (QED) is 0.310. The first-order valence-corrected chi connectivity index (χ1v) is 13.2. The van der Waals surface area contributed by atoms with E-state index in [4.69, 9.17) is 10.5 Å². The molecule has 5 heterocycles. The number of primary amides is 1. The van der Waals surface area contributed by atoms with Crippen molar-refractivity contribution in [1.82, 2.24) is 14.5 Å². The summed E-state index contributed by atoms with van der Waals surface area (Å²) < 4.78 is 8.10. The molecule has 7 rings (SSSR count).